The van der Waals surface area contributed by atoms with Gasteiger partial charge >= 0.3 is 5.97 Å². The van der Waals surface area contributed by atoms with Gasteiger partial charge in [-0.1, -0.05) is 30.7 Å². The summed E-state index contributed by atoms with van der Waals surface area (Å²) in [6.45, 7) is 0. The van der Waals surface area contributed by atoms with Crippen molar-refractivity contribution in [2.75, 3.05) is 5.32 Å². The first-order valence-corrected chi connectivity index (χ1v) is 10.5. The van der Waals surface area contributed by atoms with Crippen LogP contribution in [0.1, 0.15) is 53.0 Å². The molecule has 0 unspecified atom stereocenters. The fraction of sp³-hybridized carbons (Fsp3) is 0.250. The highest BCUT2D eigenvalue weighted by Gasteiger charge is 2.22. The van der Waals surface area contributed by atoms with Crippen molar-refractivity contribution >= 4 is 23.3 Å². The lowest BCUT2D eigenvalue weighted by molar-refractivity contribution is -0.384. The predicted molar refractivity (Wildman–Crippen MR) is 117 cm³/mol. The van der Waals surface area contributed by atoms with Gasteiger partial charge in [-0.2, -0.15) is 0 Å². The minimum Gasteiger partial charge on any atom is -0.459 e. The Morgan fingerprint density at radius 3 is 2.56 bits per heavy atom. The average Bonchev–Trinajstić information content (AvgIpc) is 3.31. The lowest BCUT2D eigenvalue weighted by atomic mass is 9.98. The first-order valence-electron chi connectivity index (χ1n) is 10.5. The largest absolute Gasteiger partial charge is 0.459 e. The SMILES string of the molecule is O=C(Nc1ccccc1C(=O)OC1CCCCC1)c1ccc(-c2cccc([N+](=O)[O-])c2)o1. The highest BCUT2D eigenvalue weighted by molar-refractivity contribution is 6.06. The van der Waals surface area contributed by atoms with Crippen molar-refractivity contribution in [2.24, 2.45) is 0 Å². The molecule has 0 aliphatic heterocycles. The van der Waals surface area contributed by atoms with Crippen LogP contribution in [0.5, 0.6) is 0 Å². The van der Waals surface area contributed by atoms with Gasteiger partial charge in [-0.15, -0.1) is 0 Å². The van der Waals surface area contributed by atoms with Crippen molar-refractivity contribution in [1.82, 2.24) is 0 Å². The van der Waals surface area contributed by atoms with E-state index in [2.05, 4.69) is 5.32 Å². The van der Waals surface area contributed by atoms with Gasteiger partial charge in [0.15, 0.2) is 5.76 Å². The van der Waals surface area contributed by atoms with Crippen molar-refractivity contribution in [3.63, 3.8) is 0 Å². The second-order valence-corrected chi connectivity index (χ2v) is 7.64. The summed E-state index contributed by atoms with van der Waals surface area (Å²) < 4.78 is 11.2. The van der Waals surface area contributed by atoms with Gasteiger partial charge in [0.05, 0.1) is 16.2 Å². The van der Waals surface area contributed by atoms with Gasteiger partial charge in [0.2, 0.25) is 0 Å². The van der Waals surface area contributed by atoms with E-state index in [0.717, 1.165) is 32.1 Å². The summed E-state index contributed by atoms with van der Waals surface area (Å²) in [6.07, 6.45) is 4.86. The zero-order valence-electron chi connectivity index (χ0n) is 17.3. The Labute approximate surface area is 184 Å². The van der Waals surface area contributed by atoms with E-state index in [1.807, 2.05) is 0 Å². The number of para-hydroxylation sites is 1. The highest BCUT2D eigenvalue weighted by Crippen LogP contribution is 2.27. The second-order valence-electron chi connectivity index (χ2n) is 7.64. The summed E-state index contributed by atoms with van der Waals surface area (Å²) in [7, 11) is 0. The summed E-state index contributed by atoms with van der Waals surface area (Å²) in [4.78, 5) is 35.9. The number of anilines is 1. The minimum atomic E-state index is -0.542. The van der Waals surface area contributed by atoms with E-state index in [9.17, 15) is 19.7 Å². The fourth-order valence-electron chi connectivity index (χ4n) is 3.74. The van der Waals surface area contributed by atoms with Crippen LogP contribution in [0.3, 0.4) is 0 Å². The number of carbonyl (C=O) groups is 2. The molecule has 32 heavy (non-hydrogen) atoms. The quantitative estimate of drug-likeness (QED) is 0.307. The molecular weight excluding hydrogens is 412 g/mol. The van der Waals surface area contributed by atoms with Crippen LogP contribution in [0.15, 0.2) is 65.1 Å². The maximum absolute atomic E-state index is 12.7. The van der Waals surface area contributed by atoms with Gasteiger partial charge in [0, 0.05) is 17.7 Å². The fourth-order valence-corrected chi connectivity index (χ4v) is 3.74. The Morgan fingerprint density at radius 1 is 1.00 bits per heavy atom. The Bertz CT molecular complexity index is 1150. The third-order valence-electron chi connectivity index (χ3n) is 5.39. The predicted octanol–water partition coefficient (Wildman–Crippen LogP) is 5.60. The third-order valence-corrected chi connectivity index (χ3v) is 5.39. The number of hydrogen-bond acceptors (Lipinski definition) is 6. The van der Waals surface area contributed by atoms with Crippen LogP contribution < -0.4 is 5.32 Å². The lowest BCUT2D eigenvalue weighted by Crippen LogP contribution is -2.22. The summed E-state index contributed by atoms with van der Waals surface area (Å²) in [6, 6.07) is 15.7. The van der Waals surface area contributed by atoms with E-state index < -0.39 is 16.8 Å². The number of amides is 1. The Hall–Kier alpha value is -3.94. The average molecular weight is 434 g/mol. The van der Waals surface area contributed by atoms with Gasteiger partial charge in [0.25, 0.3) is 11.6 Å². The van der Waals surface area contributed by atoms with Crippen molar-refractivity contribution in [2.45, 2.75) is 38.2 Å². The van der Waals surface area contributed by atoms with Crippen LogP contribution in [0, 0.1) is 10.1 Å². The highest BCUT2D eigenvalue weighted by atomic mass is 16.6. The molecule has 1 saturated carbocycles. The van der Waals surface area contributed by atoms with Gasteiger partial charge < -0.3 is 14.5 Å². The van der Waals surface area contributed by atoms with Crippen LogP contribution >= 0.6 is 0 Å². The van der Waals surface area contributed by atoms with Gasteiger partial charge in [-0.25, -0.2) is 4.79 Å². The molecule has 0 spiro atoms. The molecule has 0 radical (unpaired) electrons. The van der Waals surface area contributed by atoms with E-state index in [1.54, 1.807) is 42.5 Å². The molecule has 1 aliphatic carbocycles. The number of rotatable bonds is 6. The first kappa shape index (κ1) is 21.3. The zero-order chi connectivity index (χ0) is 22.5. The van der Waals surface area contributed by atoms with E-state index in [0.29, 0.717) is 17.0 Å². The number of nitro groups is 1. The van der Waals surface area contributed by atoms with Crippen molar-refractivity contribution in [1.29, 1.82) is 0 Å². The number of furan rings is 1. The van der Waals surface area contributed by atoms with Crippen molar-refractivity contribution in [3.8, 4) is 11.3 Å². The molecule has 1 N–H and O–H groups in total. The molecule has 1 fully saturated rings. The number of ether oxygens (including phenoxy) is 1. The first-order chi connectivity index (χ1) is 15.5. The summed E-state index contributed by atoms with van der Waals surface area (Å²) in [5, 5.41) is 13.7. The molecule has 164 valence electrons. The van der Waals surface area contributed by atoms with Crippen LogP contribution in [0.2, 0.25) is 0 Å². The molecular formula is C24H22N2O6. The minimum absolute atomic E-state index is 0.0157. The molecule has 8 heteroatoms. The Kier molecular flexibility index (Phi) is 6.30. The normalized spacial score (nSPS) is 14.0. The second kappa shape index (κ2) is 9.47. The number of nitrogens with one attached hydrogen (secondary N) is 1. The number of hydrogen-bond donors (Lipinski definition) is 1. The number of carbonyl (C=O) groups excluding carboxylic acids is 2. The number of nitrogens with zero attached hydrogens (tertiary/aromatic N) is 1. The zero-order valence-corrected chi connectivity index (χ0v) is 17.3. The number of nitro benzene ring substituents is 1. The Morgan fingerprint density at radius 2 is 1.78 bits per heavy atom. The monoisotopic (exact) mass is 434 g/mol. The molecule has 0 saturated heterocycles. The standard InChI is InChI=1S/C24H22N2O6/c27-23(22-14-13-21(32-22)16-7-6-8-17(15-16)26(29)30)25-20-12-5-4-11-19(20)24(28)31-18-9-2-1-3-10-18/h4-8,11-15,18H,1-3,9-10H2,(H,25,27). The molecule has 0 atom stereocenters. The topological polar surface area (TPSA) is 112 Å². The van der Waals surface area contributed by atoms with Crippen LogP contribution in [0.4, 0.5) is 11.4 Å². The molecule has 8 nitrogen and oxygen atoms in total. The van der Waals surface area contributed by atoms with Crippen molar-refractivity contribution < 1.29 is 23.7 Å². The van der Waals surface area contributed by atoms with Crippen LogP contribution in [-0.2, 0) is 4.74 Å². The molecule has 1 amide bonds. The van der Waals surface area contributed by atoms with Gasteiger partial charge in [0.1, 0.15) is 11.9 Å². The maximum atomic E-state index is 12.7. The number of esters is 1. The van der Waals surface area contributed by atoms with Crippen molar-refractivity contribution in [3.05, 3.63) is 82.1 Å². The van der Waals surface area contributed by atoms with E-state index >= 15 is 0 Å². The smallest absolute Gasteiger partial charge is 0.340 e. The molecule has 1 aromatic heterocycles. The molecule has 0 bridgehead atoms. The molecule has 1 aliphatic rings. The number of non-ortho nitro benzene ring substituents is 1. The molecule has 4 rings (SSSR count). The number of benzene rings is 2. The summed E-state index contributed by atoms with van der Waals surface area (Å²) in [5.41, 5.74) is 1.01. The molecule has 1 heterocycles. The van der Waals surface area contributed by atoms with Gasteiger partial charge in [-0.3, -0.25) is 14.9 Å². The van der Waals surface area contributed by atoms with E-state index in [4.69, 9.17) is 9.15 Å². The van der Waals surface area contributed by atoms with Crippen LogP contribution in [-0.4, -0.2) is 22.9 Å². The van der Waals surface area contributed by atoms with E-state index in [-0.39, 0.29) is 23.1 Å². The Balaban J connectivity index is 1.48. The molecule has 2 aromatic carbocycles. The molecule has 3 aromatic rings. The maximum Gasteiger partial charge on any atom is 0.340 e. The summed E-state index contributed by atoms with van der Waals surface area (Å²) in [5.74, 6) is -0.671. The van der Waals surface area contributed by atoms with Gasteiger partial charge in [-0.05, 0) is 49.9 Å². The van der Waals surface area contributed by atoms with Crippen LogP contribution in [0.25, 0.3) is 11.3 Å². The third kappa shape index (κ3) is 4.85. The lowest BCUT2D eigenvalue weighted by Gasteiger charge is -2.22. The van der Waals surface area contributed by atoms with E-state index in [1.165, 1.54) is 18.2 Å². The summed E-state index contributed by atoms with van der Waals surface area (Å²) >= 11 is 0.